The van der Waals surface area contributed by atoms with Gasteiger partial charge in [-0.05, 0) is 49.3 Å². The van der Waals surface area contributed by atoms with Crippen LogP contribution in [0.25, 0.3) is 0 Å². The minimum absolute atomic E-state index is 0.0985. The highest BCUT2D eigenvalue weighted by atomic mass is 16.5. The van der Waals surface area contributed by atoms with Gasteiger partial charge in [0.15, 0.2) is 5.78 Å². The molecule has 5 nitrogen and oxygen atoms in total. The predicted octanol–water partition coefficient (Wildman–Crippen LogP) is 5.42. The van der Waals surface area contributed by atoms with Crippen LogP contribution in [0.3, 0.4) is 0 Å². The average molecular weight is 426 g/mol. The van der Waals surface area contributed by atoms with Crippen molar-refractivity contribution < 1.29 is 19.1 Å². The van der Waals surface area contributed by atoms with E-state index in [1.807, 2.05) is 31.2 Å². The van der Waals surface area contributed by atoms with Crippen molar-refractivity contribution in [2.75, 3.05) is 13.2 Å². The molecule has 1 N–H and O–H groups in total. The molecule has 0 fully saturated rings. The average Bonchev–Trinajstić information content (AvgIpc) is 2.70. The minimum Gasteiger partial charge on any atom is -0.494 e. The van der Waals surface area contributed by atoms with Crippen molar-refractivity contribution in [3.63, 3.8) is 0 Å². The Labute approximate surface area is 185 Å². The lowest BCUT2D eigenvalue weighted by atomic mass is 9.68. The number of hydrogen-bond acceptors (Lipinski definition) is 5. The van der Waals surface area contributed by atoms with Crippen molar-refractivity contribution in [3.8, 4) is 5.75 Å². The third-order valence-electron chi connectivity index (χ3n) is 5.88. The summed E-state index contributed by atoms with van der Waals surface area (Å²) in [6.45, 7) is 11.3. The fraction of sp³-hybridized carbons (Fsp3) is 0.538. The first-order valence-electron chi connectivity index (χ1n) is 11.4. The number of ketones is 1. The van der Waals surface area contributed by atoms with Gasteiger partial charge in [0.05, 0.1) is 18.8 Å². The summed E-state index contributed by atoms with van der Waals surface area (Å²) in [6, 6.07) is 7.76. The SMILES string of the molecule is CCCCOC(=O)C1=C(C)NC2=C(C(=O)CC(C)(C)C2)[C@H]1c1ccc(OCCC)cc1. The summed E-state index contributed by atoms with van der Waals surface area (Å²) < 4.78 is 11.3. The molecule has 1 aromatic carbocycles. The number of Topliss-reactive ketones (excluding diaryl/α,β-unsaturated/α-hetero) is 1. The molecular formula is C26H35NO4. The maximum atomic E-state index is 13.3. The summed E-state index contributed by atoms with van der Waals surface area (Å²) in [5.41, 5.74) is 3.74. The van der Waals surface area contributed by atoms with Crippen molar-refractivity contribution >= 4 is 11.8 Å². The number of carbonyl (C=O) groups excluding carboxylic acids is 2. The minimum atomic E-state index is -0.422. The highest BCUT2D eigenvalue weighted by Gasteiger charge is 2.43. The smallest absolute Gasteiger partial charge is 0.336 e. The molecule has 0 unspecified atom stereocenters. The van der Waals surface area contributed by atoms with Gasteiger partial charge in [0.1, 0.15) is 5.75 Å². The molecule has 0 bridgehead atoms. The first-order chi connectivity index (χ1) is 14.8. The normalized spacial score (nSPS) is 20.3. The molecule has 0 saturated heterocycles. The van der Waals surface area contributed by atoms with E-state index in [1.54, 1.807) is 0 Å². The number of carbonyl (C=O) groups is 2. The van der Waals surface area contributed by atoms with E-state index in [9.17, 15) is 9.59 Å². The Morgan fingerprint density at radius 1 is 1.10 bits per heavy atom. The van der Waals surface area contributed by atoms with Gasteiger partial charge in [-0.25, -0.2) is 4.79 Å². The van der Waals surface area contributed by atoms with E-state index in [0.717, 1.165) is 48.4 Å². The maximum Gasteiger partial charge on any atom is 0.336 e. The fourth-order valence-corrected chi connectivity index (χ4v) is 4.40. The van der Waals surface area contributed by atoms with Crippen molar-refractivity contribution in [3.05, 3.63) is 52.4 Å². The first-order valence-corrected chi connectivity index (χ1v) is 11.4. The van der Waals surface area contributed by atoms with Gasteiger partial charge in [-0.2, -0.15) is 0 Å². The topological polar surface area (TPSA) is 64.6 Å². The first kappa shape index (κ1) is 23.1. The van der Waals surface area contributed by atoms with Crippen molar-refractivity contribution in [1.29, 1.82) is 0 Å². The molecule has 3 rings (SSSR count). The molecular weight excluding hydrogens is 390 g/mol. The molecule has 2 aliphatic rings. The lowest BCUT2D eigenvalue weighted by molar-refractivity contribution is -0.139. The number of nitrogens with one attached hydrogen (secondary N) is 1. The summed E-state index contributed by atoms with van der Waals surface area (Å²) in [6.07, 6.45) is 3.96. The lowest BCUT2D eigenvalue weighted by Gasteiger charge is -2.39. The molecule has 1 atom stereocenters. The molecule has 168 valence electrons. The van der Waals surface area contributed by atoms with E-state index in [1.165, 1.54) is 0 Å². The largest absolute Gasteiger partial charge is 0.494 e. The zero-order valence-electron chi connectivity index (χ0n) is 19.5. The van der Waals surface area contributed by atoms with Crippen LogP contribution in [-0.2, 0) is 14.3 Å². The Morgan fingerprint density at radius 3 is 2.45 bits per heavy atom. The standard InChI is InChI=1S/C26H35NO4/c1-6-8-14-31-25(29)22-17(3)27-20-15-26(4,5)16-21(28)24(20)23(22)18-9-11-19(12-10-18)30-13-7-2/h9-12,23,27H,6-8,13-16H2,1-5H3/t23-/m0/s1. The summed E-state index contributed by atoms with van der Waals surface area (Å²) >= 11 is 0. The van der Waals surface area contributed by atoms with E-state index < -0.39 is 5.92 Å². The van der Waals surface area contributed by atoms with Gasteiger partial charge >= 0.3 is 5.97 Å². The van der Waals surface area contributed by atoms with E-state index in [4.69, 9.17) is 9.47 Å². The van der Waals surface area contributed by atoms with Crippen molar-refractivity contribution in [2.24, 2.45) is 5.41 Å². The molecule has 1 aliphatic heterocycles. The highest BCUT2D eigenvalue weighted by molar-refractivity contribution is 6.04. The monoisotopic (exact) mass is 425 g/mol. The van der Waals surface area contributed by atoms with E-state index in [0.29, 0.717) is 30.8 Å². The van der Waals surface area contributed by atoms with Crippen LogP contribution in [0.4, 0.5) is 0 Å². The predicted molar refractivity (Wildman–Crippen MR) is 122 cm³/mol. The van der Waals surface area contributed by atoms with Gasteiger partial charge in [0.25, 0.3) is 0 Å². The van der Waals surface area contributed by atoms with Gasteiger partial charge in [-0.3, -0.25) is 4.79 Å². The summed E-state index contributed by atoms with van der Waals surface area (Å²) in [7, 11) is 0. The Kier molecular flexibility index (Phi) is 7.24. The summed E-state index contributed by atoms with van der Waals surface area (Å²) in [4.78, 5) is 26.4. The number of rotatable bonds is 8. The summed E-state index contributed by atoms with van der Waals surface area (Å²) in [5.74, 6) is 0.118. The molecule has 1 aromatic rings. The van der Waals surface area contributed by atoms with Gasteiger partial charge in [0, 0.05) is 29.3 Å². The van der Waals surface area contributed by atoms with Crippen LogP contribution < -0.4 is 10.1 Å². The van der Waals surface area contributed by atoms with E-state index >= 15 is 0 Å². The molecule has 0 radical (unpaired) electrons. The van der Waals surface area contributed by atoms with Crippen LogP contribution in [0.2, 0.25) is 0 Å². The van der Waals surface area contributed by atoms with Crippen LogP contribution >= 0.6 is 0 Å². The number of allylic oxidation sites excluding steroid dienone is 3. The van der Waals surface area contributed by atoms with Crippen LogP contribution in [-0.4, -0.2) is 25.0 Å². The Balaban J connectivity index is 2.02. The Morgan fingerprint density at radius 2 is 1.81 bits per heavy atom. The number of hydrogen-bond donors (Lipinski definition) is 1. The third kappa shape index (κ3) is 5.20. The van der Waals surface area contributed by atoms with Crippen LogP contribution in [0, 0.1) is 5.41 Å². The number of benzene rings is 1. The van der Waals surface area contributed by atoms with Gasteiger partial charge < -0.3 is 14.8 Å². The van der Waals surface area contributed by atoms with Crippen molar-refractivity contribution in [1.82, 2.24) is 5.32 Å². The Hall–Kier alpha value is -2.56. The number of dihydropyridines is 1. The molecule has 0 saturated carbocycles. The highest BCUT2D eigenvalue weighted by Crippen LogP contribution is 2.46. The molecule has 1 aliphatic carbocycles. The second-order valence-electron chi connectivity index (χ2n) is 9.34. The molecule has 0 aromatic heterocycles. The second kappa shape index (κ2) is 9.71. The quantitative estimate of drug-likeness (QED) is 0.445. The number of ether oxygens (including phenoxy) is 2. The number of unbranched alkanes of at least 4 members (excludes halogenated alkanes) is 1. The Bertz CT molecular complexity index is 892. The number of esters is 1. The molecule has 1 heterocycles. The zero-order valence-corrected chi connectivity index (χ0v) is 19.5. The van der Waals surface area contributed by atoms with E-state index in [2.05, 4.69) is 33.0 Å². The summed E-state index contributed by atoms with van der Waals surface area (Å²) in [5, 5.41) is 3.38. The third-order valence-corrected chi connectivity index (χ3v) is 5.88. The van der Waals surface area contributed by atoms with Crippen LogP contribution in [0.5, 0.6) is 5.75 Å². The maximum absolute atomic E-state index is 13.3. The molecule has 0 spiro atoms. The van der Waals surface area contributed by atoms with Gasteiger partial charge in [0.2, 0.25) is 0 Å². The molecule has 5 heteroatoms. The van der Waals surface area contributed by atoms with Gasteiger partial charge in [-0.15, -0.1) is 0 Å². The fourth-order valence-electron chi connectivity index (χ4n) is 4.40. The lowest BCUT2D eigenvalue weighted by Crippen LogP contribution is -2.38. The van der Waals surface area contributed by atoms with Crippen molar-refractivity contribution in [2.45, 2.75) is 72.6 Å². The van der Waals surface area contributed by atoms with Crippen LogP contribution in [0.1, 0.15) is 78.2 Å². The zero-order chi connectivity index (χ0) is 22.6. The molecule has 0 amide bonds. The molecule has 31 heavy (non-hydrogen) atoms. The van der Waals surface area contributed by atoms with Gasteiger partial charge in [-0.1, -0.05) is 46.2 Å². The van der Waals surface area contributed by atoms with Crippen LogP contribution in [0.15, 0.2) is 46.8 Å². The van der Waals surface area contributed by atoms with E-state index in [-0.39, 0.29) is 17.2 Å². The second-order valence-corrected chi connectivity index (χ2v) is 9.34.